The van der Waals surface area contributed by atoms with E-state index in [9.17, 15) is 13.6 Å². The molecule has 0 unspecified atom stereocenters. The zero-order valence-corrected chi connectivity index (χ0v) is 17.2. The summed E-state index contributed by atoms with van der Waals surface area (Å²) in [5.74, 6) is -1.53. The van der Waals surface area contributed by atoms with Crippen LogP contribution in [0.3, 0.4) is 0 Å². The van der Waals surface area contributed by atoms with Gasteiger partial charge in [0, 0.05) is 12.0 Å². The Morgan fingerprint density at radius 1 is 1.19 bits per heavy atom. The molecule has 0 amide bonds. The largest absolute Gasteiger partial charge is 0.491 e. The van der Waals surface area contributed by atoms with Crippen molar-refractivity contribution < 1.29 is 17.9 Å². The fraction of sp³-hybridized carbons (Fsp3) is 0.333. The van der Waals surface area contributed by atoms with E-state index in [1.54, 1.807) is 16.8 Å². The van der Waals surface area contributed by atoms with E-state index in [1.165, 1.54) is 7.11 Å². The molecule has 32 heavy (non-hydrogen) atoms. The van der Waals surface area contributed by atoms with Gasteiger partial charge in [-0.05, 0) is 43.6 Å². The molecule has 1 saturated heterocycles. The molecular formula is C21H20F2N6O3. The number of nitrogens with one attached hydrogen (secondary N) is 2. The number of hydrogen-bond donors (Lipinski definition) is 2. The second kappa shape index (κ2) is 8.15. The standard InChI is InChI=1S/C21H20F2N6O3/c1-31-19-14(22)6-11(7-15(19)23)8-18-27-28-21(32-18)13-10-25-29-16(9-17(30)26-20(13)29)12-2-4-24-5-3-12/h6-7,9-10,12,24H,2-5,8H2,1H3,(H,26,30). The van der Waals surface area contributed by atoms with E-state index in [0.717, 1.165) is 43.8 Å². The molecule has 9 nitrogen and oxygen atoms in total. The minimum Gasteiger partial charge on any atom is -0.491 e. The molecule has 0 atom stereocenters. The van der Waals surface area contributed by atoms with Crippen LogP contribution in [-0.4, -0.2) is 45.0 Å². The van der Waals surface area contributed by atoms with Gasteiger partial charge >= 0.3 is 0 Å². The number of benzene rings is 1. The first kappa shape index (κ1) is 20.3. The molecular weight excluding hydrogens is 422 g/mol. The Morgan fingerprint density at radius 2 is 1.94 bits per heavy atom. The maximum Gasteiger partial charge on any atom is 0.253 e. The lowest BCUT2D eigenvalue weighted by Crippen LogP contribution is -2.28. The molecule has 1 aliphatic rings. The predicted molar refractivity (Wildman–Crippen MR) is 110 cm³/mol. The van der Waals surface area contributed by atoms with Gasteiger partial charge in [-0.1, -0.05) is 0 Å². The maximum atomic E-state index is 14.0. The highest BCUT2D eigenvalue weighted by Crippen LogP contribution is 2.29. The average molecular weight is 442 g/mol. The number of piperidine rings is 1. The number of rotatable bonds is 5. The van der Waals surface area contributed by atoms with Crippen LogP contribution in [0.2, 0.25) is 0 Å². The number of ether oxygens (including phenoxy) is 1. The third kappa shape index (κ3) is 3.64. The number of fused-ring (bicyclic) bond motifs is 1. The molecule has 1 fully saturated rings. The van der Waals surface area contributed by atoms with Crippen molar-refractivity contribution in [3.05, 3.63) is 63.5 Å². The molecule has 4 aromatic rings. The number of methoxy groups -OCH3 is 1. The van der Waals surface area contributed by atoms with E-state index in [0.29, 0.717) is 16.8 Å². The fourth-order valence-electron chi connectivity index (χ4n) is 4.10. The number of aromatic amines is 1. The quantitative estimate of drug-likeness (QED) is 0.488. The van der Waals surface area contributed by atoms with Crippen LogP contribution in [0.4, 0.5) is 8.78 Å². The highest BCUT2D eigenvalue weighted by molar-refractivity contribution is 5.70. The summed E-state index contributed by atoms with van der Waals surface area (Å²) in [5, 5.41) is 15.8. The molecule has 166 valence electrons. The van der Waals surface area contributed by atoms with Gasteiger partial charge in [0.2, 0.25) is 5.89 Å². The van der Waals surface area contributed by atoms with Gasteiger partial charge in [-0.15, -0.1) is 10.2 Å². The summed E-state index contributed by atoms with van der Waals surface area (Å²) in [5.41, 5.74) is 1.85. The van der Waals surface area contributed by atoms with E-state index < -0.39 is 17.4 Å². The molecule has 0 spiro atoms. The highest BCUT2D eigenvalue weighted by atomic mass is 19.1. The van der Waals surface area contributed by atoms with Crippen molar-refractivity contribution in [2.45, 2.75) is 25.2 Å². The van der Waals surface area contributed by atoms with E-state index in [4.69, 9.17) is 9.15 Å². The Balaban J connectivity index is 1.47. The van der Waals surface area contributed by atoms with Crippen LogP contribution < -0.4 is 15.6 Å². The zero-order valence-electron chi connectivity index (χ0n) is 17.2. The van der Waals surface area contributed by atoms with Crippen molar-refractivity contribution in [3.8, 4) is 17.2 Å². The van der Waals surface area contributed by atoms with Gasteiger partial charge in [-0.2, -0.15) is 5.10 Å². The highest BCUT2D eigenvalue weighted by Gasteiger charge is 2.22. The summed E-state index contributed by atoms with van der Waals surface area (Å²) < 4.78 is 40.0. The van der Waals surface area contributed by atoms with E-state index in [-0.39, 0.29) is 29.7 Å². The summed E-state index contributed by atoms with van der Waals surface area (Å²) in [6.45, 7) is 1.76. The minimum absolute atomic E-state index is 0.0287. The van der Waals surface area contributed by atoms with Gasteiger partial charge in [0.15, 0.2) is 17.4 Å². The van der Waals surface area contributed by atoms with E-state index in [2.05, 4.69) is 25.6 Å². The van der Waals surface area contributed by atoms with Crippen molar-refractivity contribution in [1.82, 2.24) is 30.1 Å². The number of nitrogens with zero attached hydrogens (tertiary/aromatic N) is 4. The van der Waals surface area contributed by atoms with Crippen LogP contribution in [0.1, 0.15) is 35.9 Å². The second-order valence-electron chi connectivity index (χ2n) is 7.67. The van der Waals surface area contributed by atoms with Crippen LogP contribution in [0.25, 0.3) is 17.1 Å². The van der Waals surface area contributed by atoms with Crippen molar-refractivity contribution in [1.29, 1.82) is 0 Å². The molecule has 5 rings (SSSR count). The Hall–Kier alpha value is -3.60. The molecule has 4 heterocycles. The Bertz CT molecular complexity index is 1320. The van der Waals surface area contributed by atoms with Crippen LogP contribution in [0.5, 0.6) is 5.75 Å². The van der Waals surface area contributed by atoms with Gasteiger partial charge in [-0.3, -0.25) is 4.79 Å². The first-order valence-electron chi connectivity index (χ1n) is 10.2. The summed E-state index contributed by atoms with van der Waals surface area (Å²) in [4.78, 5) is 15.1. The first-order chi connectivity index (χ1) is 15.5. The van der Waals surface area contributed by atoms with E-state index in [1.807, 2.05) is 0 Å². The molecule has 0 saturated carbocycles. The molecule has 0 radical (unpaired) electrons. The molecule has 1 aliphatic heterocycles. The van der Waals surface area contributed by atoms with Crippen molar-refractivity contribution in [2.24, 2.45) is 0 Å². The minimum atomic E-state index is -0.812. The molecule has 3 aromatic heterocycles. The van der Waals surface area contributed by atoms with E-state index >= 15 is 0 Å². The Labute approximate surface area is 180 Å². The van der Waals surface area contributed by atoms with Crippen LogP contribution in [0.15, 0.2) is 33.6 Å². The maximum absolute atomic E-state index is 14.0. The van der Waals surface area contributed by atoms with Gasteiger partial charge in [0.25, 0.3) is 11.4 Å². The molecule has 0 aliphatic carbocycles. The topological polar surface area (TPSA) is 110 Å². The first-order valence-corrected chi connectivity index (χ1v) is 10.2. The van der Waals surface area contributed by atoms with Gasteiger partial charge in [0.05, 0.1) is 25.4 Å². The summed E-state index contributed by atoms with van der Waals surface area (Å²) in [6.07, 6.45) is 3.40. The monoisotopic (exact) mass is 442 g/mol. The average Bonchev–Trinajstić information content (AvgIpc) is 3.40. The van der Waals surface area contributed by atoms with Crippen LogP contribution in [-0.2, 0) is 6.42 Å². The fourth-order valence-corrected chi connectivity index (χ4v) is 4.10. The van der Waals surface area contributed by atoms with Crippen molar-refractivity contribution in [3.63, 3.8) is 0 Å². The third-order valence-electron chi connectivity index (χ3n) is 5.61. The van der Waals surface area contributed by atoms with Crippen LogP contribution in [0, 0.1) is 11.6 Å². The summed E-state index contributed by atoms with van der Waals surface area (Å²) >= 11 is 0. The third-order valence-corrected chi connectivity index (χ3v) is 5.61. The number of aromatic nitrogens is 5. The normalized spacial score (nSPS) is 14.8. The number of halogens is 2. The van der Waals surface area contributed by atoms with Gasteiger partial charge in [0.1, 0.15) is 11.2 Å². The summed E-state index contributed by atoms with van der Waals surface area (Å²) in [6, 6.07) is 3.89. The molecule has 2 N–H and O–H groups in total. The van der Waals surface area contributed by atoms with Gasteiger partial charge < -0.3 is 19.5 Å². The van der Waals surface area contributed by atoms with Crippen molar-refractivity contribution in [2.75, 3.05) is 20.2 Å². The van der Waals surface area contributed by atoms with Crippen LogP contribution >= 0.6 is 0 Å². The van der Waals surface area contributed by atoms with Crippen molar-refractivity contribution >= 4 is 5.65 Å². The molecule has 0 bridgehead atoms. The molecule has 1 aromatic carbocycles. The van der Waals surface area contributed by atoms with Gasteiger partial charge in [-0.25, -0.2) is 13.3 Å². The smallest absolute Gasteiger partial charge is 0.253 e. The lowest BCUT2D eigenvalue weighted by Gasteiger charge is -2.23. The Kier molecular flexibility index (Phi) is 5.17. The lowest BCUT2D eigenvalue weighted by molar-refractivity contribution is 0.359. The number of H-pyrrole nitrogens is 1. The SMILES string of the molecule is COc1c(F)cc(Cc2nnc(-c3cnn4c(C5CCNCC5)cc(=O)[nH]c34)o2)cc1F. The zero-order chi connectivity index (χ0) is 22.2. The Morgan fingerprint density at radius 3 is 2.66 bits per heavy atom. The number of hydrogen-bond acceptors (Lipinski definition) is 7. The second-order valence-corrected chi connectivity index (χ2v) is 7.67. The predicted octanol–water partition coefficient (Wildman–Crippen LogP) is 2.42. The molecule has 11 heteroatoms. The lowest BCUT2D eigenvalue weighted by atomic mass is 9.94. The summed E-state index contributed by atoms with van der Waals surface area (Å²) in [7, 11) is 1.20.